The van der Waals surface area contributed by atoms with Crippen LogP contribution in [-0.2, 0) is 11.3 Å². The van der Waals surface area contributed by atoms with Gasteiger partial charge in [-0.05, 0) is 37.1 Å². The molecule has 0 aromatic carbocycles. The number of aromatic nitrogens is 3. The molecule has 3 aromatic rings. The number of halogens is 1. The Bertz CT molecular complexity index is 876. The fraction of sp³-hybridized carbons (Fsp3) is 0.353. The van der Waals surface area contributed by atoms with Crippen molar-refractivity contribution in [1.29, 1.82) is 0 Å². The summed E-state index contributed by atoms with van der Waals surface area (Å²) < 4.78 is 7.12. The summed E-state index contributed by atoms with van der Waals surface area (Å²) in [5.74, 6) is 1.42. The van der Waals surface area contributed by atoms with Gasteiger partial charge in [-0.15, -0.1) is 10.2 Å². The number of fused-ring (bicyclic) bond motifs is 1. The van der Waals surface area contributed by atoms with Gasteiger partial charge in [-0.25, -0.2) is 0 Å². The third kappa shape index (κ3) is 3.32. The van der Waals surface area contributed by atoms with Crippen molar-refractivity contribution < 1.29 is 9.21 Å². The maximum atomic E-state index is 12.5. The molecule has 0 bridgehead atoms. The second-order valence-corrected chi connectivity index (χ2v) is 6.59. The van der Waals surface area contributed by atoms with E-state index in [0.717, 1.165) is 36.7 Å². The Morgan fingerprint density at radius 3 is 3.12 bits per heavy atom. The third-order valence-corrected chi connectivity index (χ3v) is 4.66. The zero-order valence-electron chi connectivity index (χ0n) is 13.6. The van der Waals surface area contributed by atoms with Crippen molar-refractivity contribution in [2.75, 3.05) is 18.0 Å². The normalized spacial score (nSPS) is 17.8. The number of rotatable bonds is 4. The monoisotopic (exact) mass is 359 g/mol. The lowest BCUT2D eigenvalue weighted by Crippen LogP contribution is -2.43. The molecule has 1 aliphatic rings. The standard InChI is InChI=1S/C17H18ClN5O2/c18-13-5-6-15-20-21-17(23(15)11-13)22-7-1-3-12(10-22)16(24)19-9-14-4-2-8-25-14/h2,4-6,8,11-12H,1,3,7,9-10H2,(H,19,24). The highest BCUT2D eigenvalue weighted by Crippen LogP contribution is 2.23. The Labute approximate surface area is 149 Å². The summed E-state index contributed by atoms with van der Waals surface area (Å²) in [6.45, 7) is 1.86. The number of nitrogens with zero attached hydrogens (tertiary/aromatic N) is 4. The van der Waals surface area contributed by atoms with Crippen LogP contribution >= 0.6 is 11.6 Å². The predicted octanol–water partition coefficient (Wildman–Crippen LogP) is 2.51. The van der Waals surface area contributed by atoms with Crippen LogP contribution in [0.2, 0.25) is 5.02 Å². The van der Waals surface area contributed by atoms with Gasteiger partial charge in [0, 0.05) is 19.3 Å². The van der Waals surface area contributed by atoms with E-state index < -0.39 is 0 Å². The zero-order chi connectivity index (χ0) is 17.2. The topological polar surface area (TPSA) is 75.7 Å². The van der Waals surface area contributed by atoms with Gasteiger partial charge in [0.15, 0.2) is 5.65 Å². The SMILES string of the molecule is O=C(NCc1ccco1)C1CCCN(c2nnc3ccc(Cl)cn23)C1. The summed E-state index contributed by atoms with van der Waals surface area (Å²) in [7, 11) is 0. The molecule has 0 spiro atoms. The third-order valence-electron chi connectivity index (χ3n) is 4.44. The van der Waals surface area contributed by atoms with Gasteiger partial charge in [-0.2, -0.15) is 0 Å². The lowest BCUT2D eigenvalue weighted by molar-refractivity contribution is -0.125. The highest BCUT2D eigenvalue weighted by atomic mass is 35.5. The number of carbonyl (C=O) groups excluding carboxylic acids is 1. The van der Waals surface area contributed by atoms with E-state index in [0.29, 0.717) is 18.1 Å². The lowest BCUT2D eigenvalue weighted by Gasteiger charge is -2.31. The molecule has 0 saturated carbocycles. The minimum Gasteiger partial charge on any atom is -0.467 e. The first kappa shape index (κ1) is 16.0. The van der Waals surface area contributed by atoms with Crippen LogP contribution in [0.3, 0.4) is 0 Å². The van der Waals surface area contributed by atoms with Gasteiger partial charge in [0.2, 0.25) is 11.9 Å². The van der Waals surface area contributed by atoms with E-state index in [1.54, 1.807) is 18.5 Å². The molecule has 0 aliphatic carbocycles. The molecule has 1 saturated heterocycles. The first-order chi connectivity index (χ1) is 12.2. The van der Waals surface area contributed by atoms with Crippen molar-refractivity contribution in [3.05, 3.63) is 47.5 Å². The first-order valence-corrected chi connectivity index (χ1v) is 8.64. The van der Waals surface area contributed by atoms with Crippen LogP contribution < -0.4 is 10.2 Å². The van der Waals surface area contributed by atoms with Crippen LogP contribution in [0.15, 0.2) is 41.1 Å². The maximum Gasteiger partial charge on any atom is 0.231 e. The molecule has 25 heavy (non-hydrogen) atoms. The van der Waals surface area contributed by atoms with Gasteiger partial charge in [0.1, 0.15) is 5.76 Å². The van der Waals surface area contributed by atoms with Crippen molar-refractivity contribution in [3.63, 3.8) is 0 Å². The van der Waals surface area contributed by atoms with Gasteiger partial charge in [-0.1, -0.05) is 11.6 Å². The molecule has 4 heterocycles. The summed E-state index contributed by atoms with van der Waals surface area (Å²) in [5.41, 5.74) is 0.740. The molecule has 1 atom stereocenters. The molecule has 1 aliphatic heterocycles. The Kier molecular flexibility index (Phi) is 4.31. The van der Waals surface area contributed by atoms with Crippen LogP contribution in [0.5, 0.6) is 0 Å². The average molecular weight is 360 g/mol. The Morgan fingerprint density at radius 1 is 1.36 bits per heavy atom. The van der Waals surface area contributed by atoms with Crippen LogP contribution in [0.25, 0.3) is 5.65 Å². The van der Waals surface area contributed by atoms with E-state index in [2.05, 4.69) is 20.4 Å². The molecule has 1 amide bonds. The molecule has 1 unspecified atom stereocenters. The number of hydrogen-bond donors (Lipinski definition) is 1. The summed E-state index contributed by atoms with van der Waals surface area (Å²) in [6.07, 6.45) is 5.19. The van der Waals surface area contributed by atoms with Crippen LogP contribution in [-0.4, -0.2) is 33.6 Å². The Hall–Kier alpha value is -2.54. The molecule has 1 N–H and O–H groups in total. The molecule has 0 radical (unpaired) electrons. The summed E-state index contributed by atoms with van der Waals surface area (Å²) >= 11 is 6.09. The van der Waals surface area contributed by atoms with Gasteiger partial charge in [0.25, 0.3) is 0 Å². The van der Waals surface area contributed by atoms with Crippen molar-refractivity contribution in [1.82, 2.24) is 19.9 Å². The van der Waals surface area contributed by atoms with Crippen LogP contribution in [0, 0.1) is 5.92 Å². The number of piperidine rings is 1. The summed E-state index contributed by atoms with van der Waals surface area (Å²) in [4.78, 5) is 14.6. The van der Waals surface area contributed by atoms with E-state index in [1.165, 1.54) is 0 Å². The van der Waals surface area contributed by atoms with Gasteiger partial charge >= 0.3 is 0 Å². The van der Waals surface area contributed by atoms with Gasteiger partial charge in [0.05, 0.1) is 23.7 Å². The molecule has 1 fully saturated rings. The number of carbonyl (C=O) groups is 1. The van der Waals surface area contributed by atoms with E-state index in [-0.39, 0.29) is 11.8 Å². The largest absolute Gasteiger partial charge is 0.467 e. The number of furan rings is 1. The second-order valence-electron chi connectivity index (χ2n) is 6.16. The van der Waals surface area contributed by atoms with E-state index in [9.17, 15) is 4.79 Å². The van der Waals surface area contributed by atoms with E-state index in [1.807, 2.05) is 22.6 Å². The van der Waals surface area contributed by atoms with Gasteiger partial charge in [-0.3, -0.25) is 9.20 Å². The van der Waals surface area contributed by atoms with Crippen molar-refractivity contribution in [3.8, 4) is 0 Å². The van der Waals surface area contributed by atoms with Crippen molar-refractivity contribution >= 4 is 29.1 Å². The number of nitrogens with one attached hydrogen (secondary N) is 1. The Morgan fingerprint density at radius 2 is 2.28 bits per heavy atom. The highest BCUT2D eigenvalue weighted by Gasteiger charge is 2.28. The van der Waals surface area contributed by atoms with E-state index in [4.69, 9.17) is 16.0 Å². The average Bonchev–Trinajstić information content (AvgIpc) is 3.29. The van der Waals surface area contributed by atoms with Gasteiger partial charge < -0.3 is 14.6 Å². The number of pyridine rings is 1. The number of amides is 1. The minimum atomic E-state index is -0.0877. The molecular formula is C17H18ClN5O2. The zero-order valence-corrected chi connectivity index (χ0v) is 14.3. The quantitative estimate of drug-likeness (QED) is 0.774. The Balaban J connectivity index is 1.46. The van der Waals surface area contributed by atoms with Crippen LogP contribution in [0.1, 0.15) is 18.6 Å². The second kappa shape index (κ2) is 6.76. The molecular weight excluding hydrogens is 342 g/mol. The highest BCUT2D eigenvalue weighted by molar-refractivity contribution is 6.30. The maximum absolute atomic E-state index is 12.5. The molecule has 3 aromatic heterocycles. The fourth-order valence-corrected chi connectivity index (χ4v) is 3.33. The molecule has 7 nitrogen and oxygen atoms in total. The van der Waals surface area contributed by atoms with Crippen molar-refractivity contribution in [2.45, 2.75) is 19.4 Å². The predicted molar refractivity (Wildman–Crippen MR) is 93.5 cm³/mol. The molecule has 130 valence electrons. The smallest absolute Gasteiger partial charge is 0.231 e. The van der Waals surface area contributed by atoms with E-state index >= 15 is 0 Å². The lowest BCUT2D eigenvalue weighted by atomic mass is 9.97. The molecule has 8 heteroatoms. The minimum absolute atomic E-state index is 0.0351. The summed E-state index contributed by atoms with van der Waals surface area (Å²) in [5, 5.41) is 12.0. The fourth-order valence-electron chi connectivity index (χ4n) is 3.17. The number of anilines is 1. The first-order valence-electron chi connectivity index (χ1n) is 8.26. The molecule has 4 rings (SSSR count). The van der Waals surface area contributed by atoms with Crippen molar-refractivity contribution in [2.24, 2.45) is 5.92 Å². The summed E-state index contributed by atoms with van der Waals surface area (Å²) in [6, 6.07) is 7.28. The van der Waals surface area contributed by atoms with Crippen LogP contribution in [0.4, 0.5) is 5.95 Å². The number of hydrogen-bond acceptors (Lipinski definition) is 5.